The maximum absolute atomic E-state index is 11.8. The molecule has 0 aliphatic rings. The molecule has 0 heterocycles. The van der Waals surface area contributed by atoms with E-state index in [2.05, 4.69) is 11.6 Å². The van der Waals surface area contributed by atoms with Crippen molar-refractivity contribution < 1.29 is 8.42 Å². The summed E-state index contributed by atoms with van der Waals surface area (Å²) in [6.07, 6.45) is 2.61. The number of aryl methyl sites for hydroxylation is 1. The van der Waals surface area contributed by atoms with Crippen LogP contribution in [0.15, 0.2) is 29.2 Å². The van der Waals surface area contributed by atoms with Crippen LogP contribution in [0.2, 0.25) is 0 Å². The molecular formula is C12H18NO2S. The summed E-state index contributed by atoms with van der Waals surface area (Å²) in [5.41, 5.74) is 1.05. The fraction of sp³-hybridized carbons (Fsp3) is 0.417. The largest absolute Gasteiger partial charge is 0.240 e. The van der Waals surface area contributed by atoms with Gasteiger partial charge in [0.05, 0.1) is 4.90 Å². The second-order valence-corrected chi connectivity index (χ2v) is 5.54. The molecule has 1 radical (unpaired) electrons. The Morgan fingerprint density at radius 3 is 2.38 bits per heavy atom. The molecular weight excluding hydrogens is 222 g/mol. The number of nitrogens with one attached hydrogen (secondary N) is 1. The van der Waals surface area contributed by atoms with Gasteiger partial charge in [-0.1, -0.05) is 37.5 Å². The van der Waals surface area contributed by atoms with Crippen LogP contribution in [0.25, 0.3) is 0 Å². The molecule has 0 saturated carbocycles. The van der Waals surface area contributed by atoms with Crippen LogP contribution >= 0.6 is 0 Å². The summed E-state index contributed by atoms with van der Waals surface area (Å²) in [6, 6.07) is 6.84. The quantitative estimate of drug-likeness (QED) is 0.775. The summed E-state index contributed by atoms with van der Waals surface area (Å²) in [6.45, 7) is 6.12. The first-order valence-corrected chi connectivity index (χ1v) is 6.90. The smallest absolute Gasteiger partial charge is 0.211 e. The number of unbranched alkanes of at least 4 members (excludes halogenated alkanes) is 2. The third-order valence-electron chi connectivity index (χ3n) is 2.30. The molecule has 0 atom stereocenters. The molecule has 1 aromatic rings. The number of hydrogen-bond donors (Lipinski definition) is 1. The fourth-order valence-corrected chi connectivity index (χ4v) is 2.38. The average Bonchev–Trinajstić information content (AvgIpc) is 2.25. The Bertz CT molecular complexity index is 409. The van der Waals surface area contributed by atoms with Crippen molar-refractivity contribution in [3.63, 3.8) is 0 Å². The van der Waals surface area contributed by atoms with Crippen molar-refractivity contribution >= 4 is 10.0 Å². The third kappa shape index (κ3) is 3.94. The Morgan fingerprint density at radius 2 is 1.81 bits per heavy atom. The highest BCUT2D eigenvalue weighted by Gasteiger charge is 2.11. The normalized spacial score (nSPS) is 11.6. The topological polar surface area (TPSA) is 46.2 Å². The average molecular weight is 240 g/mol. The van der Waals surface area contributed by atoms with Gasteiger partial charge in [-0.2, -0.15) is 0 Å². The van der Waals surface area contributed by atoms with E-state index < -0.39 is 10.0 Å². The van der Waals surface area contributed by atoms with Gasteiger partial charge in [-0.25, -0.2) is 13.1 Å². The standard InChI is InChI=1S/C12H18NO2S/c1-3-4-5-10-13-16(14,15)12-8-6-11(2)7-9-12/h6-9,13H,1,3-5,10H2,2H3. The summed E-state index contributed by atoms with van der Waals surface area (Å²) < 4.78 is 26.1. The minimum atomic E-state index is -3.33. The van der Waals surface area contributed by atoms with Crippen molar-refractivity contribution in [2.45, 2.75) is 31.1 Å². The first-order chi connectivity index (χ1) is 7.56. The van der Waals surface area contributed by atoms with E-state index >= 15 is 0 Å². The van der Waals surface area contributed by atoms with Crippen molar-refractivity contribution in [1.29, 1.82) is 0 Å². The van der Waals surface area contributed by atoms with Crippen molar-refractivity contribution in [1.82, 2.24) is 4.72 Å². The Balaban J connectivity index is 2.60. The van der Waals surface area contributed by atoms with Gasteiger partial charge in [-0.05, 0) is 25.5 Å². The molecule has 1 N–H and O–H groups in total. The molecule has 16 heavy (non-hydrogen) atoms. The molecule has 0 spiro atoms. The molecule has 1 aromatic carbocycles. The van der Waals surface area contributed by atoms with Gasteiger partial charge in [0.2, 0.25) is 10.0 Å². The summed E-state index contributed by atoms with van der Waals surface area (Å²) >= 11 is 0. The Hall–Kier alpha value is -0.870. The fourth-order valence-electron chi connectivity index (χ4n) is 1.31. The second kappa shape index (κ2) is 6.01. The number of hydrogen-bond acceptors (Lipinski definition) is 2. The molecule has 0 bridgehead atoms. The number of sulfonamides is 1. The van der Waals surface area contributed by atoms with E-state index in [1.807, 2.05) is 6.92 Å². The summed E-state index contributed by atoms with van der Waals surface area (Å²) in [4.78, 5) is 0.327. The molecule has 4 heteroatoms. The van der Waals surface area contributed by atoms with Crippen molar-refractivity contribution in [2.75, 3.05) is 6.54 Å². The summed E-state index contributed by atoms with van der Waals surface area (Å²) in [5.74, 6) is 0. The molecule has 0 amide bonds. The maximum Gasteiger partial charge on any atom is 0.240 e. The van der Waals surface area contributed by atoms with Crippen LogP contribution in [0.1, 0.15) is 24.8 Å². The van der Waals surface area contributed by atoms with E-state index in [9.17, 15) is 8.42 Å². The van der Waals surface area contributed by atoms with Crippen LogP contribution in [0.4, 0.5) is 0 Å². The lowest BCUT2D eigenvalue weighted by Gasteiger charge is -2.06. The summed E-state index contributed by atoms with van der Waals surface area (Å²) in [7, 11) is -3.33. The monoisotopic (exact) mass is 240 g/mol. The molecule has 0 unspecified atom stereocenters. The van der Waals surface area contributed by atoms with E-state index in [0.717, 1.165) is 24.8 Å². The minimum absolute atomic E-state index is 0.327. The van der Waals surface area contributed by atoms with Crippen LogP contribution in [-0.2, 0) is 10.0 Å². The van der Waals surface area contributed by atoms with Crippen molar-refractivity contribution in [2.24, 2.45) is 0 Å². The highest BCUT2D eigenvalue weighted by Crippen LogP contribution is 2.09. The molecule has 0 fully saturated rings. The molecule has 0 saturated heterocycles. The zero-order valence-electron chi connectivity index (χ0n) is 9.57. The predicted molar refractivity (Wildman–Crippen MR) is 65.6 cm³/mol. The van der Waals surface area contributed by atoms with Gasteiger partial charge in [0, 0.05) is 6.54 Å². The lowest BCUT2D eigenvalue weighted by atomic mass is 10.2. The lowest BCUT2D eigenvalue weighted by Crippen LogP contribution is -2.24. The van der Waals surface area contributed by atoms with Crippen LogP contribution in [0, 0.1) is 13.8 Å². The Kier molecular flexibility index (Phi) is 4.96. The molecule has 89 valence electrons. The van der Waals surface area contributed by atoms with E-state index in [4.69, 9.17) is 0 Å². The van der Waals surface area contributed by atoms with Crippen LogP contribution in [0.3, 0.4) is 0 Å². The van der Waals surface area contributed by atoms with E-state index in [1.54, 1.807) is 24.3 Å². The Labute approximate surface area is 97.9 Å². The SMILES string of the molecule is [CH2]CCCCNS(=O)(=O)c1ccc(C)cc1. The first kappa shape index (κ1) is 13.2. The zero-order chi connectivity index (χ0) is 12.0. The van der Waals surface area contributed by atoms with Crippen molar-refractivity contribution in [3.8, 4) is 0 Å². The van der Waals surface area contributed by atoms with Gasteiger partial charge in [0.25, 0.3) is 0 Å². The van der Waals surface area contributed by atoms with E-state index in [-0.39, 0.29) is 0 Å². The molecule has 0 aliphatic carbocycles. The van der Waals surface area contributed by atoms with Gasteiger partial charge in [-0.3, -0.25) is 0 Å². The van der Waals surface area contributed by atoms with Gasteiger partial charge >= 0.3 is 0 Å². The lowest BCUT2D eigenvalue weighted by molar-refractivity contribution is 0.577. The molecule has 0 aliphatic heterocycles. The van der Waals surface area contributed by atoms with Gasteiger partial charge in [-0.15, -0.1) is 0 Å². The first-order valence-electron chi connectivity index (χ1n) is 5.42. The van der Waals surface area contributed by atoms with E-state index in [1.165, 1.54) is 0 Å². The van der Waals surface area contributed by atoms with Gasteiger partial charge in [0.15, 0.2) is 0 Å². The predicted octanol–water partition coefficient (Wildman–Crippen LogP) is 2.28. The molecule has 0 aromatic heterocycles. The van der Waals surface area contributed by atoms with Gasteiger partial charge < -0.3 is 0 Å². The zero-order valence-corrected chi connectivity index (χ0v) is 10.4. The highest BCUT2D eigenvalue weighted by atomic mass is 32.2. The minimum Gasteiger partial charge on any atom is -0.211 e. The summed E-state index contributed by atoms with van der Waals surface area (Å²) in [5, 5.41) is 0. The second-order valence-electron chi connectivity index (χ2n) is 3.77. The van der Waals surface area contributed by atoms with Crippen LogP contribution in [0.5, 0.6) is 0 Å². The molecule has 3 nitrogen and oxygen atoms in total. The van der Waals surface area contributed by atoms with Gasteiger partial charge in [0.1, 0.15) is 0 Å². The van der Waals surface area contributed by atoms with Crippen molar-refractivity contribution in [3.05, 3.63) is 36.8 Å². The Morgan fingerprint density at radius 1 is 1.19 bits per heavy atom. The van der Waals surface area contributed by atoms with E-state index in [0.29, 0.717) is 11.4 Å². The number of benzene rings is 1. The van der Waals surface area contributed by atoms with Crippen LogP contribution < -0.4 is 4.72 Å². The third-order valence-corrected chi connectivity index (χ3v) is 3.78. The number of rotatable bonds is 6. The molecule has 1 rings (SSSR count). The van der Waals surface area contributed by atoms with Crippen LogP contribution in [-0.4, -0.2) is 15.0 Å². The maximum atomic E-state index is 11.8. The highest BCUT2D eigenvalue weighted by molar-refractivity contribution is 7.89.